The first-order chi connectivity index (χ1) is 13.8. The van der Waals surface area contributed by atoms with E-state index in [2.05, 4.69) is 47.5 Å². The fraction of sp³-hybridized carbons (Fsp3) is 0.200. The summed E-state index contributed by atoms with van der Waals surface area (Å²) in [7, 11) is 3.36. The van der Waals surface area contributed by atoms with Crippen LogP contribution >= 0.6 is 0 Å². The lowest BCUT2D eigenvalue weighted by Crippen LogP contribution is -2.28. The number of nitrogens with one attached hydrogen (secondary N) is 1. The summed E-state index contributed by atoms with van der Waals surface area (Å²) in [5.41, 5.74) is 5.72. The van der Waals surface area contributed by atoms with Crippen LogP contribution in [0.2, 0.25) is 0 Å². The fourth-order valence-corrected chi connectivity index (χ4v) is 3.57. The predicted octanol–water partition coefficient (Wildman–Crippen LogP) is 4.61. The van der Waals surface area contributed by atoms with Gasteiger partial charge in [0.05, 0.1) is 20.3 Å². The highest BCUT2D eigenvalue weighted by Gasteiger charge is 2.17. The molecule has 0 aliphatic carbocycles. The van der Waals surface area contributed by atoms with E-state index in [4.69, 9.17) is 9.47 Å². The minimum absolute atomic E-state index is 0.0465. The molecule has 1 heterocycles. The van der Waals surface area contributed by atoms with Crippen LogP contribution in [0.25, 0.3) is 11.1 Å². The molecule has 1 aliphatic heterocycles. The lowest BCUT2D eigenvalue weighted by molar-refractivity contribution is 0.414. The molecule has 0 fully saturated rings. The van der Waals surface area contributed by atoms with Gasteiger partial charge < -0.3 is 9.47 Å². The molecular weight excluding hydrogens is 346 g/mol. The smallest absolute Gasteiger partial charge is 0.119 e. The summed E-state index contributed by atoms with van der Waals surface area (Å²) in [5, 5.41) is 3.53. The second-order valence-electron chi connectivity index (χ2n) is 6.75. The third-order valence-electron chi connectivity index (χ3n) is 5.07. The zero-order valence-electron chi connectivity index (χ0n) is 16.2. The highest BCUT2D eigenvalue weighted by atomic mass is 16.5. The molecule has 0 bridgehead atoms. The first-order valence-corrected chi connectivity index (χ1v) is 9.43. The Balaban J connectivity index is 1.75. The first kappa shape index (κ1) is 18.2. The van der Waals surface area contributed by atoms with Crippen LogP contribution in [0.4, 0.5) is 0 Å². The minimum Gasteiger partial charge on any atom is -0.497 e. The van der Waals surface area contributed by atoms with Crippen LogP contribution in [-0.4, -0.2) is 20.8 Å². The molecule has 0 amide bonds. The maximum Gasteiger partial charge on any atom is 0.119 e. The molecule has 0 saturated carbocycles. The van der Waals surface area contributed by atoms with Gasteiger partial charge >= 0.3 is 0 Å². The molecule has 1 atom stereocenters. The minimum atomic E-state index is 0.0465. The summed E-state index contributed by atoms with van der Waals surface area (Å²) >= 11 is 0. The fourth-order valence-electron chi connectivity index (χ4n) is 3.57. The largest absolute Gasteiger partial charge is 0.497 e. The van der Waals surface area contributed by atoms with Crippen molar-refractivity contribution in [3.63, 3.8) is 0 Å². The second-order valence-corrected chi connectivity index (χ2v) is 6.75. The monoisotopic (exact) mass is 369 g/mol. The summed E-state index contributed by atoms with van der Waals surface area (Å²) in [6, 6.07) is 22.6. The van der Waals surface area contributed by atoms with Crippen LogP contribution in [0, 0.1) is 11.8 Å². The predicted molar refractivity (Wildman–Crippen MR) is 113 cm³/mol. The van der Waals surface area contributed by atoms with Crippen molar-refractivity contribution in [2.75, 3.05) is 20.8 Å². The highest BCUT2D eigenvalue weighted by Crippen LogP contribution is 2.30. The third-order valence-corrected chi connectivity index (χ3v) is 5.07. The third kappa shape index (κ3) is 3.74. The van der Waals surface area contributed by atoms with Crippen molar-refractivity contribution in [3.05, 3.63) is 83.4 Å². The lowest BCUT2D eigenvalue weighted by atomic mass is 9.94. The average Bonchev–Trinajstić information content (AvgIpc) is 2.77. The van der Waals surface area contributed by atoms with Gasteiger partial charge in [-0.15, -0.1) is 0 Å². The summed E-state index contributed by atoms with van der Waals surface area (Å²) in [4.78, 5) is 0. The normalized spacial score (nSPS) is 15.1. The zero-order chi connectivity index (χ0) is 19.3. The lowest BCUT2D eigenvalue weighted by Gasteiger charge is -2.22. The van der Waals surface area contributed by atoms with Gasteiger partial charge in [-0.3, -0.25) is 5.32 Å². The zero-order valence-corrected chi connectivity index (χ0v) is 16.2. The Kier molecular flexibility index (Phi) is 5.32. The molecule has 1 unspecified atom stereocenters. The van der Waals surface area contributed by atoms with Gasteiger partial charge in [-0.2, -0.15) is 0 Å². The van der Waals surface area contributed by atoms with E-state index in [0.717, 1.165) is 41.2 Å². The molecule has 28 heavy (non-hydrogen) atoms. The van der Waals surface area contributed by atoms with Crippen LogP contribution in [0.5, 0.6) is 11.5 Å². The Morgan fingerprint density at radius 2 is 1.71 bits per heavy atom. The molecular formula is C25H23NO2. The van der Waals surface area contributed by atoms with Crippen LogP contribution in [0.1, 0.15) is 22.7 Å². The van der Waals surface area contributed by atoms with Crippen LogP contribution in [-0.2, 0) is 6.42 Å². The summed E-state index contributed by atoms with van der Waals surface area (Å²) < 4.78 is 10.8. The SMILES string of the molecule is COc1cccc(-c2cc(OC)ccc2C#CC2NCCc3ccccc32)c1. The maximum absolute atomic E-state index is 5.44. The molecule has 3 aromatic rings. The molecule has 3 heteroatoms. The Labute approximate surface area is 166 Å². The van der Waals surface area contributed by atoms with E-state index in [1.54, 1.807) is 14.2 Å². The van der Waals surface area contributed by atoms with E-state index in [1.165, 1.54) is 11.1 Å². The molecule has 3 nitrogen and oxygen atoms in total. The van der Waals surface area contributed by atoms with Gasteiger partial charge in [0.1, 0.15) is 11.5 Å². The van der Waals surface area contributed by atoms with Crippen molar-refractivity contribution in [3.8, 4) is 34.5 Å². The number of benzene rings is 3. The Hall–Kier alpha value is -3.22. The van der Waals surface area contributed by atoms with E-state index in [-0.39, 0.29) is 6.04 Å². The van der Waals surface area contributed by atoms with E-state index < -0.39 is 0 Å². The van der Waals surface area contributed by atoms with Gasteiger partial charge in [0.2, 0.25) is 0 Å². The Morgan fingerprint density at radius 1 is 0.893 bits per heavy atom. The van der Waals surface area contributed by atoms with E-state index in [1.807, 2.05) is 36.4 Å². The van der Waals surface area contributed by atoms with Crippen molar-refractivity contribution in [2.45, 2.75) is 12.5 Å². The van der Waals surface area contributed by atoms with Gasteiger partial charge in [-0.25, -0.2) is 0 Å². The number of hydrogen-bond donors (Lipinski definition) is 1. The molecule has 0 radical (unpaired) electrons. The Morgan fingerprint density at radius 3 is 2.57 bits per heavy atom. The molecule has 1 N–H and O–H groups in total. The van der Waals surface area contributed by atoms with Crippen molar-refractivity contribution >= 4 is 0 Å². The molecule has 4 rings (SSSR count). The van der Waals surface area contributed by atoms with Crippen LogP contribution in [0.15, 0.2) is 66.7 Å². The highest BCUT2D eigenvalue weighted by molar-refractivity contribution is 5.73. The molecule has 1 aliphatic rings. The standard InChI is InChI=1S/C25H23NO2/c1-27-21-8-5-7-20(16-21)24-17-22(28-2)12-10-19(24)11-13-25-23-9-4-3-6-18(23)14-15-26-25/h3-10,12,16-17,25-26H,14-15H2,1-2H3. The quantitative estimate of drug-likeness (QED) is 0.684. The molecule has 3 aromatic carbocycles. The van der Waals surface area contributed by atoms with Crippen molar-refractivity contribution < 1.29 is 9.47 Å². The molecule has 0 aromatic heterocycles. The Bertz CT molecular complexity index is 1050. The molecule has 0 spiro atoms. The van der Waals surface area contributed by atoms with Gasteiger partial charge in [-0.1, -0.05) is 48.2 Å². The molecule has 140 valence electrons. The number of methoxy groups -OCH3 is 2. The summed E-state index contributed by atoms with van der Waals surface area (Å²) in [6.07, 6.45) is 1.05. The van der Waals surface area contributed by atoms with Gasteiger partial charge in [0, 0.05) is 17.7 Å². The van der Waals surface area contributed by atoms with E-state index in [9.17, 15) is 0 Å². The van der Waals surface area contributed by atoms with Crippen LogP contribution in [0.3, 0.4) is 0 Å². The summed E-state index contributed by atoms with van der Waals surface area (Å²) in [5.74, 6) is 8.47. The average molecular weight is 369 g/mol. The first-order valence-electron chi connectivity index (χ1n) is 9.43. The van der Waals surface area contributed by atoms with Gasteiger partial charge in [-0.05, 0) is 53.4 Å². The van der Waals surface area contributed by atoms with Gasteiger partial charge in [0.15, 0.2) is 0 Å². The molecule has 0 saturated heterocycles. The number of hydrogen-bond acceptors (Lipinski definition) is 3. The maximum atomic E-state index is 5.44. The summed E-state index contributed by atoms with van der Waals surface area (Å²) in [6.45, 7) is 0.946. The van der Waals surface area contributed by atoms with Crippen LogP contribution < -0.4 is 14.8 Å². The topological polar surface area (TPSA) is 30.5 Å². The van der Waals surface area contributed by atoms with Crippen molar-refractivity contribution in [1.29, 1.82) is 0 Å². The van der Waals surface area contributed by atoms with Crippen molar-refractivity contribution in [2.24, 2.45) is 0 Å². The van der Waals surface area contributed by atoms with E-state index in [0.29, 0.717) is 0 Å². The van der Waals surface area contributed by atoms with Gasteiger partial charge in [0.25, 0.3) is 0 Å². The number of fused-ring (bicyclic) bond motifs is 1. The van der Waals surface area contributed by atoms with Crippen molar-refractivity contribution in [1.82, 2.24) is 5.32 Å². The van der Waals surface area contributed by atoms with E-state index >= 15 is 0 Å². The second kappa shape index (κ2) is 8.21. The number of ether oxygens (including phenoxy) is 2. The number of rotatable bonds is 3.